The number of hydrogen-bond acceptors (Lipinski definition) is 4. The van der Waals surface area contributed by atoms with E-state index in [0.29, 0.717) is 11.7 Å². The quantitative estimate of drug-likeness (QED) is 0.757. The Morgan fingerprint density at radius 3 is 2.76 bits per heavy atom. The summed E-state index contributed by atoms with van der Waals surface area (Å²) in [7, 11) is 0. The number of aryl methyl sites for hydroxylation is 1. The highest BCUT2D eigenvalue weighted by atomic mass is 16.3. The average Bonchev–Trinajstić information content (AvgIpc) is 2.50. The molecular formula is C17H27N3O. The van der Waals surface area contributed by atoms with Gasteiger partial charge in [-0.15, -0.1) is 0 Å². The molecule has 1 aromatic heterocycles. The van der Waals surface area contributed by atoms with Gasteiger partial charge in [-0.25, -0.2) is 4.98 Å². The van der Waals surface area contributed by atoms with Crippen molar-refractivity contribution in [2.24, 2.45) is 5.73 Å². The molecule has 1 saturated heterocycles. The second kappa shape index (κ2) is 8.15. The molecule has 0 unspecified atom stereocenters. The Kier molecular flexibility index (Phi) is 6.21. The van der Waals surface area contributed by atoms with Gasteiger partial charge in [0.1, 0.15) is 11.4 Å². The van der Waals surface area contributed by atoms with Crippen LogP contribution in [0.5, 0.6) is 5.75 Å². The molecule has 0 aromatic carbocycles. The fraction of sp³-hybridized carbons (Fsp3) is 0.588. The minimum atomic E-state index is 0.206. The van der Waals surface area contributed by atoms with Crippen LogP contribution in [0, 0.1) is 0 Å². The summed E-state index contributed by atoms with van der Waals surface area (Å²) in [6, 6.07) is 4.02. The largest absolute Gasteiger partial charge is 0.506 e. The molecule has 0 saturated carbocycles. The predicted octanol–water partition coefficient (Wildman–Crippen LogP) is 2.57. The van der Waals surface area contributed by atoms with Crippen LogP contribution >= 0.6 is 0 Å². The van der Waals surface area contributed by atoms with Crippen LogP contribution in [0.2, 0.25) is 0 Å². The number of aromatic nitrogens is 1. The van der Waals surface area contributed by atoms with Crippen LogP contribution in [-0.4, -0.2) is 40.7 Å². The van der Waals surface area contributed by atoms with E-state index in [0.717, 1.165) is 44.5 Å². The molecular weight excluding hydrogens is 262 g/mol. The zero-order valence-corrected chi connectivity index (χ0v) is 12.8. The maximum atomic E-state index is 9.56. The Balaban J connectivity index is 1.62. The van der Waals surface area contributed by atoms with Gasteiger partial charge in [-0.2, -0.15) is 0 Å². The van der Waals surface area contributed by atoms with Gasteiger partial charge in [0, 0.05) is 11.7 Å². The molecule has 116 valence electrons. The smallest absolute Gasteiger partial charge is 0.141 e. The van der Waals surface area contributed by atoms with Crippen LogP contribution in [-0.2, 0) is 6.42 Å². The van der Waals surface area contributed by atoms with Gasteiger partial charge in [0.2, 0.25) is 0 Å². The Morgan fingerprint density at radius 2 is 2.05 bits per heavy atom. The number of nitrogens with zero attached hydrogens (tertiary/aromatic N) is 2. The summed E-state index contributed by atoms with van der Waals surface area (Å²) < 4.78 is 0. The number of likely N-dealkylation sites (tertiary alicyclic amines) is 1. The van der Waals surface area contributed by atoms with Crippen LogP contribution < -0.4 is 5.73 Å². The summed E-state index contributed by atoms with van der Waals surface area (Å²) in [6.45, 7) is 7.16. The molecule has 21 heavy (non-hydrogen) atoms. The molecule has 1 aromatic rings. The lowest BCUT2D eigenvalue weighted by molar-refractivity contribution is 0.209. The molecule has 2 rings (SSSR count). The number of nitrogens with two attached hydrogens (primary N) is 1. The number of unbranched alkanes of at least 4 members (excludes halogenated alkanes) is 2. The molecule has 0 atom stereocenters. The van der Waals surface area contributed by atoms with E-state index >= 15 is 0 Å². The van der Waals surface area contributed by atoms with Crippen molar-refractivity contribution in [3.8, 4) is 5.75 Å². The van der Waals surface area contributed by atoms with E-state index in [2.05, 4.69) is 16.5 Å². The number of rotatable bonds is 7. The molecule has 0 aliphatic carbocycles. The first-order chi connectivity index (χ1) is 10.2. The normalized spacial score (nSPS) is 17.0. The lowest BCUT2D eigenvalue weighted by atomic mass is 10.1. The van der Waals surface area contributed by atoms with E-state index in [1.54, 1.807) is 12.1 Å². The summed E-state index contributed by atoms with van der Waals surface area (Å²) in [5.74, 6) is 0.206. The van der Waals surface area contributed by atoms with E-state index in [4.69, 9.17) is 5.73 Å². The number of aromatic hydroxyl groups is 1. The van der Waals surface area contributed by atoms with Crippen molar-refractivity contribution in [1.82, 2.24) is 9.88 Å². The maximum Gasteiger partial charge on any atom is 0.141 e. The van der Waals surface area contributed by atoms with Crippen LogP contribution in [0.15, 0.2) is 18.7 Å². The maximum absolute atomic E-state index is 9.56. The molecule has 3 N–H and O–H groups in total. The van der Waals surface area contributed by atoms with Crippen molar-refractivity contribution >= 4 is 6.08 Å². The van der Waals surface area contributed by atoms with Crippen LogP contribution in [0.25, 0.3) is 6.08 Å². The minimum Gasteiger partial charge on any atom is -0.506 e. The van der Waals surface area contributed by atoms with E-state index in [1.165, 1.54) is 19.4 Å². The zero-order chi connectivity index (χ0) is 15.1. The van der Waals surface area contributed by atoms with E-state index < -0.39 is 0 Å². The number of piperidine rings is 1. The third-order valence-corrected chi connectivity index (χ3v) is 4.19. The summed E-state index contributed by atoms with van der Waals surface area (Å²) >= 11 is 0. The van der Waals surface area contributed by atoms with Crippen molar-refractivity contribution in [2.45, 2.75) is 44.6 Å². The van der Waals surface area contributed by atoms with Crippen LogP contribution in [0.3, 0.4) is 0 Å². The molecule has 0 bridgehead atoms. The highest BCUT2D eigenvalue weighted by Crippen LogP contribution is 2.17. The van der Waals surface area contributed by atoms with Gasteiger partial charge in [-0.1, -0.05) is 13.0 Å². The first kappa shape index (κ1) is 16.0. The van der Waals surface area contributed by atoms with Crippen molar-refractivity contribution in [1.29, 1.82) is 0 Å². The highest BCUT2D eigenvalue weighted by Gasteiger charge is 2.14. The number of pyridine rings is 1. The monoisotopic (exact) mass is 289 g/mol. The van der Waals surface area contributed by atoms with Gasteiger partial charge < -0.3 is 15.7 Å². The molecule has 0 amide bonds. The van der Waals surface area contributed by atoms with Crippen LogP contribution in [0.1, 0.15) is 43.5 Å². The third kappa shape index (κ3) is 5.14. The fourth-order valence-electron chi connectivity index (χ4n) is 2.79. The van der Waals surface area contributed by atoms with E-state index in [9.17, 15) is 5.11 Å². The van der Waals surface area contributed by atoms with Gasteiger partial charge >= 0.3 is 0 Å². The van der Waals surface area contributed by atoms with Gasteiger partial charge in [0.15, 0.2) is 0 Å². The van der Waals surface area contributed by atoms with Crippen molar-refractivity contribution in [3.63, 3.8) is 0 Å². The minimum absolute atomic E-state index is 0.206. The van der Waals surface area contributed by atoms with Crippen LogP contribution in [0.4, 0.5) is 0 Å². The van der Waals surface area contributed by atoms with Gasteiger partial charge in [0.25, 0.3) is 0 Å². The lowest BCUT2D eigenvalue weighted by Crippen LogP contribution is -2.39. The van der Waals surface area contributed by atoms with Gasteiger partial charge in [-0.05, 0) is 69.9 Å². The Labute approximate surface area is 127 Å². The first-order valence-electron chi connectivity index (χ1n) is 7.98. The Bertz CT molecular complexity index is 453. The third-order valence-electron chi connectivity index (χ3n) is 4.19. The zero-order valence-electron chi connectivity index (χ0n) is 12.8. The summed E-state index contributed by atoms with van der Waals surface area (Å²) in [5.41, 5.74) is 7.53. The molecule has 4 nitrogen and oxygen atoms in total. The molecule has 1 fully saturated rings. The fourth-order valence-corrected chi connectivity index (χ4v) is 2.79. The standard InChI is InChI=1S/C17H27N3O/c1-2-16-17(21)8-7-15(19-16)6-4-3-5-11-20-12-9-14(18)10-13-20/h2,7-8,14,21H,1,3-6,9-13,18H2. The van der Waals surface area contributed by atoms with E-state index in [-0.39, 0.29) is 5.75 Å². The van der Waals surface area contributed by atoms with Crippen molar-refractivity contribution < 1.29 is 5.11 Å². The lowest BCUT2D eigenvalue weighted by Gasteiger charge is -2.29. The molecule has 0 radical (unpaired) electrons. The number of hydrogen-bond donors (Lipinski definition) is 2. The van der Waals surface area contributed by atoms with Crippen molar-refractivity contribution in [3.05, 3.63) is 30.1 Å². The molecule has 0 spiro atoms. The topological polar surface area (TPSA) is 62.4 Å². The molecule has 2 heterocycles. The Morgan fingerprint density at radius 1 is 1.29 bits per heavy atom. The molecule has 1 aliphatic heterocycles. The first-order valence-corrected chi connectivity index (χ1v) is 7.98. The summed E-state index contributed by atoms with van der Waals surface area (Å²) in [5, 5.41) is 9.56. The molecule has 4 heteroatoms. The molecule has 1 aliphatic rings. The van der Waals surface area contributed by atoms with Gasteiger partial charge in [-0.3, -0.25) is 0 Å². The second-order valence-electron chi connectivity index (χ2n) is 5.90. The SMILES string of the molecule is C=Cc1nc(CCCCCN2CCC(N)CC2)ccc1O. The van der Waals surface area contributed by atoms with Crippen molar-refractivity contribution in [2.75, 3.05) is 19.6 Å². The van der Waals surface area contributed by atoms with Gasteiger partial charge in [0.05, 0.1) is 0 Å². The Hall–Kier alpha value is -1.39. The summed E-state index contributed by atoms with van der Waals surface area (Å²) in [4.78, 5) is 6.92. The average molecular weight is 289 g/mol. The predicted molar refractivity (Wildman–Crippen MR) is 87.2 cm³/mol. The second-order valence-corrected chi connectivity index (χ2v) is 5.90. The summed E-state index contributed by atoms with van der Waals surface area (Å²) in [6.07, 6.45) is 8.44. The van der Waals surface area contributed by atoms with E-state index in [1.807, 2.05) is 6.07 Å². The highest BCUT2D eigenvalue weighted by molar-refractivity contribution is 5.50.